The third kappa shape index (κ3) is 3.51. The van der Waals surface area contributed by atoms with E-state index in [2.05, 4.69) is 9.97 Å². The minimum absolute atomic E-state index is 0.111. The zero-order valence-corrected chi connectivity index (χ0v) is 17.6. The summed E-state index contributed by atoms with van der Waals surface area (Å²) in [5.41, 5.74) is 5.04. The Kier molecular flexibility index (Phi) is 4.86. The molecule has 0 aliphatic carbocycles. The summed E-state index contributed by atoms with van der Waals surface area (Å²) < 4.78 is 7.27. The first-order valence-corrected chi connectivity index (χ1v) is 10.9. The van der Waals surface area contributed by atoms with Gasteiger partial charge in [-0.1, -0.05) is 17.4 Å². The second-order valence-electron chi connectivity index (χ2n) is 6.62. The van der Waals surface area contributed by atoms with Gasteiger partial charge in [0, 0.05) is 18.0 Å². The molecule has 0 fully saturated rings. The molecule has 0 aliphatic rings. The van der Waals surface area contributed by atoms with E-state index in [1.165, 1.54) is 22.7 Å². The quantitative estimate of drug-likeness (QED) is 0.384. The number of rotatable bonds is 5. The highest BCUT2D eigenvalue weighted by atomic mass is 32.1. The van der Waals surface area contributed by atoms with E-state index in [0.29, 0.717) is 17.2 Å². The van der Waals surface area contributed by atoms with Crippen molar-refractivity contribution in [2.75, 3.05) is 12.0 Å². The van der Waals surface area contributed by atoms with Gasteiger partial charge in [-0.3, -0.25) is 14.7 Å². The fourth-order valence-electron chi connectivity index (χ4n) is 3.18. The van der Waals surface area contributed by atoms with Crippen molar-refractivity contribution in [3.8, 4) is 5.75 Å². The number of thiazole rings is 2. The number of methoxy groups -OCH3 is 1. The first-order chi connectivity index (χ1) is 14.7. The number of anilines is 1. The van der Waals surface area contributed by atoms with E-state index in [1.54, 1.807) is 29.9 Å². The summed E-state index contributed by atoms with van der Waals surface area (Å²) in [6.07, 6.45) is 3.49. The molecule has 6 nitrogen and oxygen atoms in total. The molecule has 3 aromatic heterocycles. The number of hydrogen-bond acceptors (Lipinski definition) is 7. The summed E-state index contributed by atoms with van der Waals surface area (Å²) in [4.78, 5) is 28.5. The van der Waals surface area contributed by atoms with Crippen LogP contribution in [0.15, 0.2) is 66.4 Å². The fraction of sp³-hybridized carbons (Fsp3) is 0.0909. The van der Waals surface area contributed by atoms with Gasteiger partial charge in [0.05, 0.1) is 39.6 Å². The van der Waals surface area contributed by atoms with Gasteiger partial charge in [-0.05, 0) is 48.0 Å². The zero-order chi connectivity index (χ0) is 20.5. The van der Waals surface area contributed by atoms with E-state index >= 15 is 0 Å². The number of nitrogens with zero attached hydrogens (tertiary/aromatic N) is 4. The van der Waals surface area contributed by atoms with Gasteiger partial charge in [0.1, 0.15) is 5.75 Å². The van der Waals surface area contributed by atoms with Crippen molar-refractivity contribution >= 4 is 54.1 Å². The number of hydrogen-bond donors (Lipinski definition) is 0. The summed E-state index contributed by atoms with van der Waals surface area (Å²) in [6.45, 7) is 0.379. The number of aromatic nitrogens is 3. The number of benzene rings is 2. The Labute approximate surface area is 180 Å². The molecule has 2 aromatic carbocycles. The maximum Gasteiger partial charge on any atom is 0.260 e. The van der Waals surface area contributed by atoms with Crippen LogP contribution in [0, 0.1) is 0 Å². The van der Waals surface area contributed by atoms with E-state index in [9.17, 15) is 4.79 Å². The molecule has 30 heavy (non-hydrogen) atoms. The van der Waals surface area contributed by atoms with E-state index in [1.807, 2.05) is 48.5 Å². The molecular formula is C22H16N4O2S2. The van der Waals surface area contributed by atoms with Gasteiger partial charge in [0.25, 0.3) is 5.91 Å². The Balaban J connectivity index is 1.58. The molecule has 0 N–H and O–H groups in total. The van der Waals surface area contributed by atoms with E-state index < -0.39 is 0 Å². The lowest BCUT2D eigenvalue weighted by Crippen LogP contribution is -2.30. The van der Waals surface area contributed by atoms with Crippen LogP contribution in [0.1, 0.15) is 15.9 Å². The summed E-state index contributed by atoms with van der Waals surface area (Å²) in [5.74, 6) is 0.652. The standard InChI is InChI=1S/C22H16N4O2S2/c1-28-16-5-7-18-20(10-16)30-22(25-18)26(12-14-3-2-8-23-11-14)21(27)15-4-6-17-19(9-15)29-13-24-17/h2-11,13H,12H2,1H3. The van der Waals surface area contributed by atoms with Gasteiger partial charge in [-0.25, -0.2) is 9.97 Å². The highest BCUT2D eigenvalue weighted by Gasteiger charge is 2.22. The SMILES string of the molecule is COc1ccc2nc(N(Cc3cccnc3)C(=O)c3ccc4ncsc4c3)sc2c1. The van der Waals surface area contributed by atoms with Crippen LogP contribution in [-0.4, -0.2) is 28.0 Å². The molecule has 0 saturated heterocycles. The molecule has 5 rings (SSSR count). The molecule has 0 bridgehead atoms. The Morgan fingerprint density at radius 2 is 2.00 bits per heavy atom. The molecule has 148 valence electrons. The summed E-state index contributed by atoms with van der Waals surface area (Å²) in [6, 6.07) is 15.1. The van der Waals surface area contributed by atoms with Gasteiger partial charge in [0.15, 0.2) is 5.13 Å². The van der Waals surface area contributed by atoms with Gasteiger partial charge in [-0.2, -0.15) is 0 Å². The fourth-order valence-corrected chi connectivity index (χ4v) is 4.89. The van der Waals surface area contributed by atoms with Crippen LogP contribution in [-0.2, 0) is 6.54 Å². The lowest BCUT2D eigenvalue weighted by molar-refractivity contribution is 0.0985. The third-order valence-electron chi connectivity index (χ3n) is 4.70. The van der Waals surface area contributed by atoms with Crippen molar-refractivity contribution in [1.29, 1.82) is 0 Å². The predicted molar refractivity (Wildman–Crippen MR) is 121 cm³/mol. The minimum atomic E-state index is -0.111. The lowest BCUT2D eigenvalue weighted by Gasteiger charge is -2.20. The third-order valence-corrected chi connectivity index (χ3v) is 6.53. The molecule has 0 radical (unpaired) electrons. The van der Waals surface area contributed by atoms with Gasteiger partial charge in [0.2, 0.25) is 0 Å². The molecule has 0 atom stereocenters. The van der Waals surface area contributed by atoms with Crippen molar-refractivity contribution < 1.29 is 9.53 Å². The molecule has 0 unspecified atom stereocenters. The minimum Gasteiger partial charge on any atom is -0.497 e. The van der Waals surface area contributed by atoms with Crippen LogP contribution in [0.25, 0.3) is 20.4 Å². The van der Waals surface area contributed by atoms with Gasteiger partial charge >= 0.3 is 0 Å². The number of ether oxygens (including phenoxy) is 1. The molecule has 8 heteroatoms. The number of fused-ring (bicyclic) bond motifs is 2. The van der Waals surface area contributed by atoms with E-state index in [0.717, 1.165) is 31.7 Å². The first kappa shape index (κ1) is 18.7. The average molecular weight is 433 g/mol. The van der Waals surface area contributed by atoms with Crippen LogP contribution in [0.5, 0.6) is 5.75 Å². The Morgan fingerprint density at radius 3 is 2.83 bits per heavy atom. The van der Waals surface area contributed by atoms with Crippen molar-refractivity contribution in [2.45, 2.75) is 6.54 Å². The molecule has 3 heterocycles. The van der Waals surface area contributed by atoms with Gasteiger partial charge < -0.3 is 4.74 Å². The van der Waals surface area contributed by atoms with E-state index in [-0.39, 0.29) is 5.91 Å². The second-order valence-corrected chi connectivity index (χ2v) is 8.51. The number of pyridine rings is 1. The topological polar surface area (TPSA) is 68.2 Å². The number of carbonyl (C=O) groups excluding carboxylic acids is 1. The Hall–Kier alpha value is -3.36. The molecular weight excluding hydrogens is 416 g/mol. The lowest BCUT2D eigenvalue weighted by atomic mass is 10.1. The Morgan fingerprint density at radius 1 is 1.10 bits per heavy atom. The van der Waals surface area contributed by atoms with Crippen molar-refractivity contribution in [1.82, 2.24) is 15.0 Å². The highest BCUT2D eigenvalue weighted by molar-refractivity contribution is 7.22. The van der Waals surface area contributed by atoms with Crippen molar-refractivity contribution in [2.24, 2.45) is 0 Å². The van der Waals surface area contributed by atoms with Crippen LogP contribution in [0.3, 0.4) is 0 Å². The normalized spacial score (nSPS) is 11.1. The second kappa shape index (κ2) is 7.81. The molecule has 0 spiro atoms. The molecule has 0 aliphatic heterocycles. The van der Waals surface area contributed by atoms with Crippen molar-refractivity contribution in [3.63, 3.8) is 0 Å². The summed E-state index contributed by atoms with van der Waals surface area (Å²) >= 11 is 2.99. The maximum absolute atomic E-state index is 13.5. The number of carbonyl (C=O) groups is 1. The summed E-state index contributed by atoms with van der Waals surface area (Å²) in [7, 11) is 1.64. The van der Waals surface area contributed by atoms with Crippen LogP contribution in [0.4, 0.5) is 5.13 Å². The first-order valence-electron chi connectivity index (χ1n) is 9.20. The van der Waals surface area contributed by atoms with Crippen LogP contribution >= 0.6 is 22.7 Å². The van der Waals surface area contributed by atoms with Crippen LogP contribution < -0.4 is 9.64 Å². The predicted octanol–water partition coefficient (Wildman–Crippen LogP) is 5.16. The zero-order valence-electron chi connectivity index (χ0n) is 16.0. The van der Waals surface area contributed by atoms with Gasteiger partial charge in [-0.15, -0.1) is 11.3 Å². The van der Waals surface area contributed by atoms with E-state index in [4.69, 9.17) is 9.72 Å². The smallest absolute Gasteiger partial charge is 0.260 e. The highest BCUT2D eigenvalue weighted by Crippen LogP contribution is 2.33. The average Bonchev–Trinajstić information content (AvgIpc) is 3.43. The number of amides is 1. The molecule has 0 saturated carbocycles. The van der Waals surface area contributed by atoms with Crippen molar-refractivity contribution in [3.05, 3.63) is 77.6 Å². The van der Waals surface area contributed by atoms with Crippen LogP contribution in [0.2, 0.25) is 0 Å². The molecule has 1 amide bonds. The molecule has 5 aromatic rings. The monoisotopic (exact) mass is 432 g/mol. The largest absolute Gasteiger partial charge is 0.497 e. The maximum atomic E-state index is 13.5. The Bertz CT molecular complexity index is 1350. The summed E-state index contributed by atoms with van der Waals surface area (Å²) in [5, 5.41) is 0.636.